The second-order valence-electron chi connectivity index (χ2n) is 6.79. The van der Waals surface area contributed by atoms with Crippen molar-refractivity contribution >= 4 is 40.5 Å². The Kier molecular flexibility index (Phi) is 7.39. The van der Waals surface area contributed by atoms with Crippen molar-refractivity contribution < 1.29 is 4.79 Å². The Morgan fingerprint density at radius 2 is 1.74 bits per heavy atom. The second kappa shape index (κ2) is 9.98. The quantitative estimate of drug-likeness (QED) is 0.663. The third-order valence-corrected chi connectivity index (χ3v) is 5.39. The summed E-state index contributed by atoms with van der Waals surface area (Å²) in [5.41, 5.74) is 1.87. The molecule has 3 rings (SSSR count). The van der Waals surface area contributed by atoms with Crippen LogP contribution in [-0.4, -0.2) is 43.5 Å². The third-order valence-electron chi connectivity index (χ3n) is 4.82. The van der Waals surface area contributed by atoms with Crippen molar-refractivity contribution in [3.05, 3.63) is 58.6 Å². The summed E-state index contributed by atoms with van der Waals surface area (Å²) in [5, 5.41) is 4.23. The van der Waals surface area contributed by atoms with Crippen LogP contribution in [0.15, 0.2) is 48.5 Å². The maximum atomic E-state index is 12.0. The molecule has 1 aliphatic heterocycles. The maximum Gasteiger partial charge on any atom is 0.224 e. The number of piperazine rings is 1. The molecule has 0 unspecified atom stereocenters. The van der Waals surface area contributed by atoms with Gasteiger partial charge in [0.2, 0.25) is 5.91 Å². The molecule has 0 aromatic heterocycles. The molecule has 144 valence electrons. The van der Waals surface area contributed by atoms with Crippen LogP contribution in [0.5, 0.6) is 0 Å². The van der Waals surface area contributed by atoms with Crippen LogP contribution in [0.25, 0.3) is 0 Å². The van der Waals surface area contributed by atoms with Crippen molar-refractivity contribution in [1.82, 2.24) is 4.90 Å². The fourth-order valence-electron chi connectivity index (χ4n) is 3.30. The molecule has 2 aromatic carbocycles. The van der Waals surface area contributed by atoms with Crippen LogP contribution in [0, 0.1) is 0 Å². The first-order chi connectivity index (χ1) is 13.1. The third kappa shape index (κ3) is 6.13. The highest BCUT2D eigenvalue weighted by molar-refractivity contribution is 6.33. The zero-order chi connectivity index (χ0) is 19.1. The Labute approximate surface area is 171 Å². The van der Waals surface area contributed by atoms with Crippen LogP contribution in [-0.2, 0) is 4.79 Å². The zero-order valence-electron chi connectivity index (χ0n) is 15.3. The van der Waals surface area contributed by atoms with Crippen molar-refractivity contribution in [2.24, 2.45) is 0 Å². The number of nitrogens with zero attached hydrogens (tertiary/aromatic N) is 2. The van der Waals surface area contributed by atoms with E-state index in [0.717, 1.165) is 50.6 Å². The van der Waals surface area contributed by atoms with Crippen LogP contribution in [0.4, 0.5) is 11.4 Å². The molecule has 0 atom stereocenters. The summed E-state index contributed by atoms with van der Waals surface area (Å²) in [6.07, 6.45) is 2.42. The lowest BCUT2D eigenvalue weighted by atomic mass is 10.2. The van der Waals surface area contributed by atoms with E-state index in [1.165, 1.54) is 5.69 Å². The van der Waals surface area contributed by atoms with Gasteiger partial charge in [0.1, 0.15) is 0 Å². The molecule has 1 aliphatic rings. The standard InChI is InChI=1S/C21H25Cl2N3O/c22-17-6-5-7-18(16-17)26-14-12-25(13-15-26)11-4-3-10-21(27)24-20-9-2-1-8-19(20)23/h1-2,5-9,16H,3-4,10-15H2,(H,24,27). The molecule has 1 fully saturated rings. The molecule has 4 nitrogen and oxygen atoms in total. The van der Waals surface area contributed by atoms with Gasteiger partial charge in [0.05, 0.1) is 10.7 Å². The van der Waals surface area contributed by atoms with Crippen molar-refractivity contribution in [3.8, 4) is 0 Å². The van der Waals surface area contributed by atoms with Crippen LogP contribution in [0.1, 0.15) is 19.3 Å². The fraction of sp³-hybridized carbons (Fsp3) is 0.381. The van der Waals surface area contributed by atoms with E-state index in [2.05, 4.69) is 21.2 Å². The van der Waals surface area contributed by atoms with Crippen molar-refractivity contribution in [2.75, 3.05) is 42.9 Å². The summed E-state index contributed by atoms with van der Waals surface area (Å²) in [6.45, 7) is 5.13. The number of hydrogen-bond acceptors (Lipinski definition) is 3. The van der Waals surface area contributed by atoms with Crippen molar-refractivity contribution in [1.29, 1.82) is 0 Å². The topological polar surface area (TPSA) is 35.6 Å². The Morgan fingerprint density at radius 3 is 2.48 bits per heavy atom. The van der Waals surface area contributed by atoms with Gasteiger partial charge in [-0.15, -0.1) is 0 Å². The summed E-state index contributed by atoms with van der Waals surface area (Å²) < 4.78 is 0. The van der Waals surface area contributed by atoms with Gasteiger partial charge < -0.3 is 10.2 Å². The lowest BCUT2D eigenvalue weighted by molar-refractivity contribution is -0.116. The molecule has 0 radical (unpaired) electrons. The first-order valence-corrected chi connectivity index (χ1v) is 10.1. The molecule has 1 amide bonds. The highest BCUT2D eigenvalue weighted by atomic mass is 35.5. The van der Waals surface area contributed by atoms with Gasteiger partial charge in [-0.3, -0.25) is 9.69 Å². The van der Waals surface area contributed by atoms with Gasteiger partial charge in [0.15, 0.2) is 0 Å². The van der Waals surface area contributed by atoms with Gasteiger partial charge in [-0.25, -0.2) is 0 Å². The highest BCUT2D eigenvalue weighted by Crippen LogP contribution is 2.22. The summed E-state index contributed by atoms with van der Waals surface area (Å²) >= 11 is 12.1. The molecule has 1 heterocycles. The van der Waals surface area contributed by atoms with Crippen LogP contribution < -0.4 is 10.2 Å². The van der Waals surface area contributed by atoms with Gasteiger partial charge in [-0.1, -0.05) is 41.4 Å². The molecule has 0 bridgehead atoms. The molecule has 1 N–H and O–H groups in total. The summed E-state index contributed by atoms with van der Waals surface area (Å²) in [7, 11) is 0. The number of nitrogens with one attached hydrogen (secondary N) is 1. The largest absolute Gasteiger partial charge is 0.369 e. The first kappa shape index (κ1) is 20.0. The van der Waals surface area contributed by atoms with E-state index < -0.39 is 0 Å². The average molecular weight is 406 g/mol. The van der Waals surface area contributed by atoms with Crippen LogP contribution in [0.3, 0.4) is 0 Å². The summed E-state index contributed by atoms with van der Waals surface area (Å²) in [4.78, 5) is 16.9. The minimum Gasteiger partial charge on any atom is -0.369 e. The van der Waals surface area contributed by atoms with E-state index in [4.69, 9.17) is 23.2 Å². The maximum absolute atomic E-state index is 12.0. The molecular weight excluding hydrogens is 381 g/mol. The Bertz CT molecular complexity index is 761. The smallest absolute Gasteiger partial charge is 0.224 e. The number of carbonyl (C=O) groups excluding carboxylic acids is 1. The first-order valence-electron chi connectivity index (χ1n) is 9.39. The van der Waals surface area contributed by atoms with E-state index in [1.54, 1.807) is 6.07 Å². The summed E-state index contributed by atoms with van der Waals surface area (Å²) in [6, 6.07) is 15.4. The molecule has 2 aromatic rings. The summed E-state index contributed by atoms with van der Waals surface area (Å²) in [5.74, 6) is 0.0221. The number of carbonyl (C=O) groups is 1. The van der Waals surface area contributed by atoms with E-state index in [1.807, 2.05) is 36.4 Å². The fourth-order valence-corrected chi connectivity index (χ4v) is 3.67. The lowest BCUT2D eigenvalue weighted by Gasteiger charge is -2.36. The number of hydrogen-bond donors (Lipinski definition) is 1. The molecule has 27 heavy (non-hydrogen) atoms. The average Bonchev–Trinajstić information content (AvgIpc) is 2.68. The number of halogens is 2. The molecule has 0 spiro atoms. The van der Waals surface area contributed by atoms with Crippen molar-refractivity contribution in [2.45, 2.75) is 19.3 Å². The predicted molar refractivity (Wildman–Crippen MR) is 114 cm³/mol. The number of amides is 1. The Morgan fingerprint density at radius 1 is 0.963 bits per heavy atom. The molecule has 0 saturated carbocycles. The number of unbranched alkanes of at least 4 members (excludes halogenated alkanes) is 1. The predicted octanol–water partition coefficient (Wildman–Crippen LogP) is 4.92. The number of para-hydroxylation sites is 1. The van der Waals surface area contributed by atoms with Crippen LogP contribution in [0.2, 0.25) is 10.0 Å². The number of anilines is 2. The molecular formula is C21H25Cl2N3O. The normalized spacial score (nSPS) is 15.0. The Balaban J connectivity index is 1.32. The van der Waals surface area contributed by atoms with Gasteiger partial charge >= 0.3 is 0 Å². The number of rotatable bonds is 7. The SMILES string of the molecule is O=C(CCCCN1CCN(c2cccc(Cl)c2)CC1)Nc1ccccc1Cl. The van der Waals surface area contributed by atoms with Crippen molar-refractivity contribution in [3.63, 3.8) is 0 Å². The van der Waals surface area contributed by atoms with E-state index in [9.17, 15) is 4.79 Å². The van der Waals surface area contributed by atoms with E-state index in [-0.39, 0.29) is 5.91 Å². The molecule has 0 aliphatic carbocycles. The van der Waals surface area contributed by atoms with Crippen LogP contribution >= 0.6 is 23.2 Å². The van der Waals surface area contributed by atoms with Gasteiger partial charge in [0, 0.05) is 43.3 Å². The minimum absolute atomic E-state index is 0.0221. The van der Waals surface area contributed by atoms with E-state index in [0.29, 0.717) is 17.1 Å². The minimum atomic E-state index is 0.0221. The second-order valence-corrected chi connectivity index (χ2v) is 7.64. The van der Waals surface area contributed by atoms with Gasteiger partial charge in [-0.2, -0.15) is 0 Å². The molecule has 1 saturated heterocycles. The molecule has 6 heteroatoms. The highest BCUT2D eigenvalue weighted by Gasteiger charge is 2.17. The monoisotopic (exact) mass is 405 g/mol. The van der Waals surface area contributed by atoms with Gasteiger partial charge in [-0.05, 0) is 49.7 Å². The zero-order valence-corrected chi connectivity index (χ0v) is 16.8. The Hall–Kier alpha value is -1.75. The number of benzene rings is 2. The van der Waals surface area contributed by atoms with E-state index >= 15 is 0 Å². The lowest BCUT2D eigenvalue weighted by Crippen LogP contribution is -2.46. The van der Waals surface area contributed by atoms with Gasteiger partial charge in [0.25, 0.3) is 0 Å².